The summed E-state index contributed by atoms with van der Waals surface area (Å²) in [5, 5.41) is 6.33. The SMILES string of the molecule is CN(C)CC(C)(C)CNc1cc2c(cc1N)NC(=O)CC2. The molecule has 1 aliphatic heterocycles. The maximum Gasteiger partial charge on any atom is 0.224 e. The summed E-state index contributed by atoms with van der Waals surface area (Å²) in [6, 6.07) is 3.92. The number of benzene rings is 1. The van der Waals surface area contributed by atoms with Gasteiger partial charge in [-0.2, -0.15) is 0 Å². The van der Waals surface area contributed by atoms with Gasteiger partial charge < -0.3 is 21.3 Å². The quantitative estimate of drug-likeness (QED) is 0.727. The summed E-state index contributed by atoms with van der Waals surface area (Å²) in [5.41, 5.74) is 9.88. The second kappa shape index (κ2) is 5.93. The minimum atomic E-state index is 0.0646. The van der Waals surface area contributed by atoms with E-state index in [4.69, 9.17) is 5.73 Å². The van der Waals surface area contributed by atoms with Crippen LogP contribution in [0.4, 0.5) is 17.1 Å². The van der Waals surface area contributed by atoms with E-state index in [-0.39, 0.29) is 11.3 Å². The first-order valence-electron chi connectivity index (χ1n) is 7.38. The summed E-state index contributed by atoms with van der Waals surface area (Å²) < 4.78 is 0. The molecule has 0 saturated heterocycles. The van der Waals surface area contributed by atoms with Crippen LogP contribution in [0.25, 0.3) is 0 Å². The predicted molar refractivity (Wildman–Crippen MR) is 88.6 cm³/mol. The standard InChI is InChI=1S/C16H26N4O/c1-16(2,10-20(3)4)9-18-14-7-11-5-6-15(21)19-13(11)8-12(14)17/h7-8,18H,5-6,9-10,17H2,1-4H3,(H,19,21). The molecule has 0 aromatic heterocycles. The van der Waals surface area contributed by atoms with E-state index < -0.39 is 0 Å². The molecule has 116 valence electrons. The Morgan fingerprint density at radius 2 is 2.05 bits per heavy atom. The molecule has 1 aromatic rings. The van der Waals surface area contributed by atoms with Gasteiger partial charge in [-0.25, -0.2) is 0 Å². The molecule has 0 fully saturated rings. The molecule has 1 aromatic carbocycles. The van der Waals surface area contributed by atoms with Crippen LogP contribution in [0.2, 0.25) is 0 Å². The van der Waals surface area contributed by atoms with Crippen LogP contribution in [0.5, 0.6) is 0 Å². The number of aryl methyl sites for hydroxylation is 1. The van der Waals surface area contributed by atoms with Crippen molar-refractivity contribution in [3.8, 4) is 0 Å². The van der Waals surface area contributed by atoms with E-state index >= 15 is 0 Å². The van der Waals surface area contributed by atoms with Crippen molar-refractivity contribution in [1.82, 2.24) is 4.90 Å². The van der Waals surface area contributed by atoms with Crippen molar-refractivity contribution in [3.63, 3.8) is 0 Å². The monoisotopic (exact) mass is 290 g/mol. The van der Waals surface area contributed by atoms with Crippen LogP contribution in [-0.2, 0) is 11.2 Å². The van der Waals surface area contributed by atoms with Gasteiger partial charge >= 0.3 is 0 Å². The zero-order chi connectivity index (χ0) is 15.6. The second-order valence-electron chi connectivity index (χ2n) is 6.90. The molecular formula is C16H26N4O. The maximum atomic E-state index is 11.4. The molecule has 0 radical (unpaired) electrons. The number of amides is 1. The van der Waals surface area contributed by atoms with Crippen molar-refractivity contribution >= 4 is 23.0 Å². The molecule has 5 heteroatoms. The Morgan fingerprint density at radius 1 is 1.33 bits per heavy atom. The largest absolute Gasteiger partial charge is 0.397 e. The normalized spacial score (nSPS) is 14.8. The Hall–Kier alpha value is -1.75. The summed E-state index contributed by atoms with van der Waals surface area (Å²) in [4.78, 5) is 13.6. The fraction of sp³-hybridized carbons (Fsp3) is 0.562. The minimum absolute atomic E-state index is 0.0646. The number of fused-ring (bicyclic) bond motifs is 1. The molecule has 0 aliphatic carbocycles. The molecule has 0 saturated carbocycles. The lowest BCUT2D eigenvalue weighted by atomic mass is 9.92. The van der Waals surface area contributed by atoms with Crippen molar-refractivity contribution in [1.29, 1.82) is 0 Å². The Morgan fingerprint density at radius 3 is 2.71 bits per heavy atom. The first-order valence-corrected chi connectivity index (χ1v) is 7.38. The zero-order valence-electron chi connectivity index (χ0n) is 13.4. The fourth-order valence-corrected chi connectivity index (χ4v) is 2.84. The smallest absolute Gasteiger partial charge is 0.224 e. The van der Waals surface area contributed by atoms with Gasteiger partial charge in [-0.05, 0) is 43.6 Å². The van der Waals surface area contributed by atoms with Gasteiger partial charge in [0.15, 0.2) is 0 Å². The van der Waals surface area contributed by atoms with Crippen molar-refractivity contribution < 1.29 is 4.79 Å². The van der Waals surface area contributed by atoms with E-state index in [2.05, 4.69) is 49.5 Å². The molecule has 0 unspecified atom stereocenters. The van der Waals surface area contributed by atoms with Gasteiger partial charge in [-0.15, -0.1) is 0 Å². The lowest BCUT2D eigenvalue weighted by molar-refractivity contribution is -0.116. The number of carbonyl (C=O) groups is 1. The molecule has 21 heavy (non-hydrogen) atoms. The summed E-state index contributed by atoms with van der Waals surface area (Å²) in [7, 11) is 4.16. The second-order valence-corrected chi connectivity index (χ2v) is 6.90. The topological polar surface area (TPSA) is 70.4 Å². The van der Waals surface area contributed by atoms with E-state index in [1.165, 1.54) is 0 Å². The highest BCUT2D eigenvalue weighted by atomic mass is 16.1. The Bertz CT molecular complexity index is 537. The average Bonchev–Trinajstić information content (AvgIpc) is 2.34. The molecule has 0 bridgehead atoms. The minimum Gasteiger partial charge on any atom is -0.397 e. The first-order chi connectivity index (χ1) is 9.77. The van der Waals surface area contributed by atoms with Crippen LogP contribution in [0.3, 0.4) is 0 Å². The number of rotatable bonds is 5. The van der Waals surface area contributed by atoms with Crippen LogP contribution < -0.4 is 16.4 Å². The molecule has 0 atom stereocenters. The van der Waals surface area contributed by atoms with Gasteiger partial charge in [-0.3, -0.25) is 4.79 Å². The summed E-state index contributed by atoms with van der Waals surface area (Å²) >= 11 is 0. The molecule has 5 nitrogen and oxygen atoms in total. The third kappa shape index (κ3) is 4.11. The summed E-state index contributed by atoms with van der Waals surface area (Å²) in [5.74, 6) is 0.0646. The van der Waals surface area contributed by atoms with Gasteiger partial charge in [0.05, 0.1) is 11.4 Å². The number of hydrogen-bond acceptors (Lipinski definition) is 4. The van der Waals surface area contributed by atoms with E-state index in [9.17, 15) is 4.79 Å². The number of nitrogens with zero attached hydrogens (tertiary/aromatic N) is 1. The number of nitrogens with one attached hydrogen (secondary N) is 2. The van der Waals surface area contributed by atoms with Crippen LogP contribution in [0.1, 0.15) is 25.8 Å². The zero-order valence-corrected chi connectivity index (χ0v) is 13.4. The highest BCUT2D eigenvalue weighted by molar-refractivity contribution is 5.95. The van der Waals surface area contributed by atoms with E-state index in [1.807, 2.05) is 6.07 Å². The number of hydrogen-bond donors (Lipinski definition) is 3. The third-order valence-electron chi connectivity index (χ3n) is 3.67. The van der Waals surface area contributed by atoms with Crippen LogP contribution in [-0.4, -0.2) is 38.0 Å². The molecule has 0 spiro atoms. The van der Waals surface area contributed by atoms with Crippen LogP contribution in [0.15, 0.2) is 12.1 Å². The highest BCUT2D eigenvalue weighted by Gasteiger charge is 2.20. The van der Waals surface area contributed by atoms with Gasteiger partial charge in [-0.1, -0.05) is 13.8 Å². The number of carbonyl (C=O) groups excluding carboxylic acids is 1. The molecule has 2 rings (SSSR count). The summed E-state index contributed by atoms with van der Waals surface area (Å²) in [6.07, 6.45) is 1.32. The third-order valence-corrected chi connectivity index (χ3v) is 3.67. The van der Waals surface area contributed by atoms with Gasteiger partial charge in [0, 0.05) is 25.2 Å². The van der Waals surface area contributed by atoms with Crippen LogP contribution >= 0.6 is 0 Å². The highest BCUT2D eigenvalue weighted by Crippen LogP contribution is 2.31. The van der Waals surface area contributed by atoms with Gasteiger partial charge in [0.1, 0.15) is 0 Å². The molecule has 1 aliphatic rings. The van der Waals surface area contributed by atoms with Crippen molar-refractivity contribution in [3.05, 3.63) is 17.7 Å². The lowest BCUT2D eigenvalue weighted by Crippen LogP contribution is -2.34. The fourth-order valence-electron chi connectivity index (χ4n) is 2.84. The number of nitrogens with two attached hydrogens (primary N) is 1. The first kappa shape index (κ1) is 15.6. The van der Waals surface area contributed by atoms with Gasteiger partial charge in [0.25, 0.3) is 0 Å². The Labute approximate surface area is 126 Å². The molecular weight excluding hydrogens is 264 g/mol. The Balaban J connectivity index is 2.09. The lowest BCUT2D eigenvalue weighted by Gasteiger charge is -2.29. The van der Waals surface area contributed by atoms with Crippen LogP contribution in [0, 0.1) is 5.41 Å². The van der Waals surface area contributed by atoms with E-state index in [1.54, 1.807) is 0 Å². The predicted octanol–water partition coefficient (Wildman–Crippen LogP) is 2.15. The number of anilines is 3. The molecule has 1 amide bonds. The van der Waals surface area contributed by atoms with Crippen molar-refractivity contribution in [2.24, 2.45) is 5.41 Å². The van der Waals surface area contributed by atoms with Crippen molar-refractivity contribution in [2.45, 2.75) is 26.7 Å². The van der Waals surface area contributed by atoms with Crippen molar-refractivity contribution in [2.75, 3.05) is 43.6 Å². The number of nitrogen functional groups attached to an aromatic ring is 1. The van der Waals surface area contributed by atoms with E-state index in [0.717, 1.165) is 36.4 Å². The average molecular weight is 290 g/mol. The van der Waals surface area contributed by atoms with E-state index in [0.29, 0.717) is 12.1 Å². The molecule has 4 N–H and O–H groups in total. The van der Waals surface area contributed by atoms with Gasteiger partial charge in [0.2, 0.25) is 5.91 Å². The maximum absolute atomic E-state index is 11.4. The Kier molecular flexibility index (Phi) is 4.42. The molecule has 1 heterocycles. The summed E-state index contributed by atoms with van der Waals surface area (Å²) in [6.45, 7) is 6.31.